The van der Waals surface area contributed by atoms with Crippen molar-refractivity contribution >= 4 is 11.4 Å². The molecule has 0 bridgehead atoms. The maximum atomic E-state index is 12.1. The summed E-state index contributed by atoms with van der Waals surface area (Å²) in [6.07, 6.45) is 39.5. The van der Waals surface area contributed by atoms with Crippen molar-refractivity contribution in [1.29, 1.82) is 0 Å². The van der Waals surface area contributed by atoms with Crippen LogP contribution in [0.15, 0.2) is 59.7 Å². The van der Waals surface area contributed by atoms with Gasteiger partial charge in [-0.25, -0.2) is 4.70 Å². The molecule has 0 aliphatic carbocycles. The number of rotatable bonds is 32. The van der Waals surface area contributed by atoms with Crippen molar-refractivity contribution in [1.82, 2.24) is 0 Å². The van der Waals surface area contributed by atoms with Gasteiger partial charge in [0.1, 0.15) is 0 Å². The molecular weight excluding hydrogens is 665 g/mol. The monoisotopic (exact) mass is 747 g/mol. The molecule has 0 spiro atoms. The summed E-state index contributed by atoms with van der Waals surface area (Å²) >= 11 is 0. The van der Waals surface area contributed by atoms with E-state index in [-0.39, 0.29) is 0 Å². The van der Waals surface area contributed by atoms with Crippen molar-refractivity contribution in [2.24, 2.45) is 0 Å². The number of hydrogen-bond acceptors (Lipinski definition) is 0. The molecule has 0 unspecified atom stereocenters. The molecular formula is C53H82N2. The molecule has 2 heteroatoms. The van der Waals surface area contributed by atoms with Gasteiger partial charge in [0, 0.05) is 35.1 Å². The first kappa shape index (κ1) is 46.5. The molecule has 0 N–H and O–H groups in total. The van der Waals surface area contributed by atoms with Crippen LogP contribution in [0.2, 0.25) is 0 Å². The van der Waals surface area contributed by atoms with Crippen LogP contribution in [0.4, 0.5) is 0 Å². The Hall–Kier alpha value is -2.92. The zero-order valence-electron chi connectivity index (χ0n) is 36.4. The van der Waals surface area contributed by atoms with E-state index in [2.05, 4.69) is 88.1 Å². The number of benzene rings is 2. The molecule has 0 atom stereocenters. The van der Waals surface area contributed by atoms with Crippen LogP contribution in [-0.4, -0.2) is 4.70 Å². The third-order valence-electron chi connectivity index (χ3n) is 11.7. The molecule has 3 rings (SSSR count). The van der Waals surface area contributed by atoms with Gasteiger partial charge in [-0.15, -0.1) is 11.8 Å². The molecule has 0 fully saturated rings. The maximum absolute atomic E-state index is 12.1. The van der Waals surface area contributed by atoms with E-state index < -0.39 is 0 Å². The number of unbranched alkanes of at least 4 members (excludes halogenated alkanes) is 22. The quantitative estimate of drug-likeness (QED) is 0.0405. The number of aryl methyl sites for hydroxylation is 2. The van der Waals surface area contributed by atoms with Crippen LogP contribution in [0.1, 0.15) is 236 Å². The Morgan fingerprint density at radius 3 is 1.47 bits per heavy atom. The SMILES string of the molecule is CCCCCCCCCCCCCCCCCCCCC#CCCCc1ccccc1C1=C(CCCC)C(CCCC)=C(c2cccc(CCCC)c2)[N+]1=[N-]. The smallest absolute Gasteiger partial charge is 0.211 e. The third-order valence-corrected chi connectivity index (χ3v) is 11.7. The predicted molar refractivity (Wildman–Crippen MR) is 242 cm³/mol. The second-order valence-electron chi connectivity index (χ2n) is 16.6. The normalized spacial score (nSPS) is 12.9. The second kappa shape index (κ2) is 30.2. The lowest BCUT2D eigenvalue weighted by atomic mass is 9.90. The highest BCUT2D eigenvalue weighted by molar-refractivity contribution is 5.83. The van der Waals surface area contributed by atoms with Gasteiger partial charge in [-0.2, -0.15) is 0 Å². The Kier molecular flexibility index (Phi) is 25.6. The second-order valence-corrected chi connectivity index (χ2v) is 16.6. The van der Waals surface area contributed by atoms with Crippen LogP contribution in [-0.2, 0) is 12.8 Å². The highest BCUT2D eigenvalue weighted by Crippen LogP contribution is 2.45. The lowest BCUT2D eigenvalue weighted by Gasteiger charge is -2.13. The molecule has 1 heterocycles. The van der Waals surface area contributed by atoms with Gasteiger partial charge in [0.25, 0.3) is 0 Å². The van der Waals surface area contributed by atoms with E-state index >= 15 is 0 Å². The van der Waals surface area contributed by atoms with Gasteiger partial charge < -0.3 is 5.53 Å². The predicted octanol–water partition coefficient (Wildman–Crippen LogP) is 17.3. The number of allylic oxidation sites excluding steroid dienone is 2. The standard InChI is InChI=1S/C53H82N2/c1-5-9-13-14-15-16-17-18-19-20-21-22-23-24-25-26-27-28-29-30-31-32-33-39-47-40-34-35-44-49(47)53-51(43-12-8-4)50(42-11-7-3)52(55(53)54)48-41-36-38-46(45-48)37-10-6-2/h34-36,38,40-41,44-45H,5-29,32-33,37,39,42-43H2,1-4H3. The summed E-state index contributed by atoms with van der Waals surface area (Å²) in [6.45, 7) is 9.10. The van der Waals surface area contributed by atoms with Gasteiger partial charge in [0.2, 0.25) is 11.4 Å². The molecule has 2 aromatic rings. The first-order chi connectivity index (χ1) is 27.2. The molecule has 2 nitrogen and oxygen atoms in total. The summed E-state index contributed by atoms with van der Waals surface area (Å²) in [4.78, 5) is 0. The van der Waals surface area contributed by atoms with E-state index in [0.29, 0.717) is 0 Å². The Labute approximate surface area is 341 Å². The molecule has 0 saturated heterocycles. The van der Waals surface area contributed by atoms with Crippen LogP contribution in [0, 0.1) is 11.8 Å². The third kappa shape index (κ3) is 17.8. The fourth-order valence-corrected chi connectivity index (χ4v) is 8.36. The van der Waals surface area contributed by atoms with Crippen molar-refractivity contribution in [3.05, 3.63) is 87.5 Å². The molecule has 0 aromatic heterocycles. The van der Waals surface area contributed by atoms with Gasteiger partial charge in [-0.05, 0) is 87.1 Å². The molecule has 0 amide bonds. The fraction of sp³-hybridized carbons (Fsp3) is 0.660. The van der Waals surface area contributed by atoms with Crippen molar-refractivity contribution in [2.45, 2.75) is 227 Å². The van der Waals surface area contributed by atoms with E-state index in [1.165, 1.54) is 156 Å². The number of hydrogen-bond donors (Lipinski definition) is 0. The Morgan fingerprint density at radius 2 is 0.909 bits per heavy atom. The largest absolute Gasteiger partial charge is 0.493 e. The van der Waals surface area contributed by atoms with Crippen LogP contribution in [0.5, 0.6) is 0 Å². The molecule has 0 saturated carbocycles. The Morgan fingerprint density at radius 1 is 0.436 bits per heavy atom. The lowest BCUT2D eigenvalue weighted by molar-refractivity contribution is -0.345. The summed E-state index contributed by atoms with van der Waals surface area (Å²) in [5, 5.41) is 0. The summed E-state index contributed by atoms with van der Waals surface area (Å²) in [5.41, 5.74) is 21.9. The molecule has 55 heavy (non-hydrogen) atoms. The fourth-order valence-electron chi connectivity index (χ4n) is 8.36. The van der Waals surface area contributed by atoms with Gasteiger partial charge >= 0.3 is 0 Å². The molecule has 2 aromatic carbocycles. The van der Waals surface area contributed by atoms with E-state index in [0.717, 1.165) is 87.6 Å². The van der Waals surface area contributed by atoms with Crippen molar-refractivity contribution in [2.75, 3.05) is 0 Å². The zero-order chi connectivity index (χ0) is 39.2. The highest BCUT2D eigenvalue weighted by Gasteiger charge is 2.36. The Bertz CT molecular complexity index is 1460. The summed E-state index contributed by atoms with van der Waals surface area (Å²) in [6, 6.07) is 17.8. The maximum Gasteiger partial charge on any atom is 0.211 e. The molecule has 1 aliphatic heterocycles. The van der Waals surface area contributed by atoms with Crippen molar-refractivity contribution < 1.29 is 4.70 Å². The average Bonchev–Trinajstić information content (AvgIpc) is 3.48. The summed E-state index contributed by atoms with van der Waals surface area (Å²) in [7, 11) is 0. The van der Waals surface area contributed by atoms with Gasteiger partial charge in [-0.1, -0.05) is 186 Å². The van der Waals surface area contributed by atoms with E-state index in [1.807, 2.05) is 0 Å². The first-order valence-electron chi connectivity index (χ1n) is 23.7. The van der Waals surface area contributed by atoms with E-state index in [1.54, 1.807) is 4.70 Å². The zero-order valence-corrected chi connectivity index (χ0v) is 36.4. The highest BCUT2D eigenvalue weighted by atomic mass is 15.2. The van der Waals surface area contributed by atoms with E-state index in [9.17, 15) is 5.53 Å². The lowest BCUT2D eigenvalue weighted by Crippen LogP contribution is -2.05. The van der Waals surface area contributed by atoms with Crippen LogP contribution < -0.4 is 0 Å². The molecule has 304 valence electrons. The summed E-state index contributed by atoms with van der Waals surface area (Å²) in [5.74, 6) is 6.98. The van der Waals surface area contributed by atoms with Crippen LogP contribution >= 0.6 is 0 Å². The van der Waals surface area contributed by atoms with Crippen LogP contribution in [0.3, 0.4) is 0 Å². The molecule has 1 aliphatic rings. The first-order valence-corrected chi connectivity index (χ1v) is 23.7. The minimum Gasteiger partial charge on any atom is -0.493 e. The topological polar surface area (TPSA) is 25.3 Å². The van der Waals surface area contributed by atoms with Crippen molar-refractivity contribution in [3.8, 4) is 11.8 Å². The Balaban J connectivity index is 1.42. The van der Waals surface area contributed by atoms with Gasteiger partial charge in [0.05, 0.1) is 0 Å². The van der Waals surface area contributed by atoms with E-state index in [4.69, 9.17) is 0 Å². The summed E-state index contributed by atoms with van der Waals surface area (Å²) < 4.78 is 1.58. The van der Waals surface area contributed by atoms with Gasteiger partial charge in [0.15, 0.2) is 0 Å². The van der Waals surface area contributed by atoms with Crippen molar-refractivity contribution in [3.63, 3.8) is 0 Å². The average molecular weight is 747 g/mol. The number of nitrogens with zero attached hydrogens (tertiary/aromatic N) is 2. The van der Waals surface area contributed by atoms with Gasteiger partial charge in [-0.3, -0.25) is 0 Å². The minimum absolute atomic E-state index is 0.938. The minimum atomic E-state index is 0.938. The molecule has 0 radical (unpaired) electrons. The van der Waals surface area contributed by atoms with Crippen LogP contribution in [0.25, 0.3) is 16.9 Å².